The number of aryl methyl sites for hydroxylation is 1. The van der Waals surface area contributed by atoms with Gasteiger partial charge in [0.2, 0.25) is 0 Å². The van der Waals surface area contributed by atoms with Gasteiger partial charge in [-0.1, -0.05) is 18.2 Å². The summed E-state index contributed by atoms with van der Waals surface area (Å²) >= 11 is 0. The van der Waals surface area contributed by atoms with Crippen LogP contribution in [0, 0.1) is 13.8 Å². The Morgan fingerprint density at radius 3 is 2.45 bits per heavy atom. The topological polar surface area (TPSA) is 81.0 Å². The first-order chi connectivity index (χ1) is 18.4. The van der Waals surface area contributed by atoms with Crippen LogP contribution in [0.3, 0.4) is 0 Å². The molecule has 1 fully saturated rings. The lowest BCUT2D eigenvalue weighted by atomic mass is 9.98. The van der Waals surface area contributed by atoms with Gasteiger partial charge < -0.3 is 24.1 Å². The number of fused-ring (bicyclic) bond motifs is 1. The number of nitrogens with zero attached hydrogens (tertiary/aromatic N) is 1. The molecule has 0 amide bonds. The summed E-state index contributed by atoms with van der Waals surface area (Å²) < 4.78 is 16.9. The molecule has 1 atom stereocenters. The summed E-state index contributed by atoms with van der Waals surface area (Å²) in [4.78, 5) is 28.1. The first-order valence-electron chi connectivity index (χ1n) is 12.8. The van der Waals surface area contributed by atoms with E-state index in [-0.39, 0.29) is 11.5 Å². The standard InChI is InChI=1S/C31H32N2O5/c1-19-17-25(21(3)32-27-8-6-5-7-24(27)31(35)36-4)30-26(18-19)28(34)20(2)29(38-30)22-9-11-23(12-10-22)33-13-15-37-16-14-33/h5-12,17-18,21,32H,13-16H2,1-4H3. The van der Waals surface area contributed by atoms with Crippen molar-refractivity contribution in [1.29, 1.82) is 0 Å². The van der Waals surface area contributed by atoms with Gasteiger partial charge in [-0.3, -0.25) is 4.79 Å². The monoisotopic (exact) mass is 512 g/mol. The zero-order valence-electron chi connectivity index (χ0n) is 22.2. The molecule has 38 heavy (non-hydrogen) atoms. The number of carbonyl (C=O) groups is 1. The van der Waals surface area contributed by atoms with Crippen LogP contribution in [0.2, 0.25) is 0 Å². The van der Waals surface area contributed by atoms with Gasteiger partial charge in [0.05, 0.1) is 37.3 Å². The van der Waals surface area contributed by atoms with Crippen LogP contribution >= 0.6 is 0 Å². The summed E-state index contributed by atoms with van der Waals surface area (Å²) in [6.07, 6.45) is 0. The lowest BCUT2D eigenvalue weighted by Gasteiger charge is -2.28. The van der Waals surface area contributed by atoms with Crippen molar-refractivity contribution < 1.29 is 18.7 Å². The van der Waals surface area contributed by atoms with E-state index in [1.54, 1.807) is 12.1 Å². The molecule has 1 aliphatic rings. The van der Waals surface area contributed by atoms with Gasteiger partial charge in [0.15, 0.2) is 5.43 Å². The Kier molecular flexibility index (Phi) is 7.20. The van der Waals surface area contributed by atoms with E-state index in [9.17, 15) is 9.59 Å². The van der Waals surface area contributed by atoms with Crippen molar-refractivity contribution >= 4 is 28.3 Å². The maximum atomic E-state index is 13.5. The Morgan fingerprint density at radius 1 is 1.03 bits per heavy atom. The van der Waals surface area contributed by atoms with Crippen LogP contribution in [0.1, 0.15) is 40.0 Å². The number of morpholine rings is 1. The second-order valence-corrected chi connectivity index (χ2v) is 9.67. The lowest BCUT2D eigenvalue weighted by Crippen LogP contribution is -2.36. The van der Waals surface area contributed by atoms with Gasteiger partial charge >= 0.3 is 5.97 Å². The number of esters is 1. The van der Waals surface area contributed by atoms with Crippen molar-refractivity contribution in [3.63, 3.8) is 0 Å². The van der Waals surface area contributed by atoms with E-state index in [0.717, 1.165) is 48.7 Å². The maximum absolute atomic E-state index is 13.5. The minimum atomic E-state index is -0.417. The normalized spacial score (nSPS) is 14.4. The SMILES string of the molecule is COC(=O)c1ccccc1NC(C)c1cc(C)cc2c(=O)c(C)c(-c3ccc(N4CCOCC4)cc3)oc12. The van der Waals surface area contributed by atoms with Crippen LogP contribution in [0.15, 0.2) is 69.9 Å². The van der Waals surface area contributed by atoms with Gasteiger partial charge in [-0.25, -0.2) is 4.79 Å². The highest BCUT2D eigenvalue weighted by Gasteiger charge is 2.21. The van der Waals surface area contributed by atoms with Crippen LogP contribution in [-0.2, 0) is 9.47 Å². The Hall–Kier alpha value is -4.10. The highest BCUT2D eigenvalue weighted by atomic mass is 16.5. The maximum Gasteiger partial charge on any atom is 0.339 e. The number of nitrogens with one attached hydrogen (secondary N) is 1. The highest BCUT2D eigenvalue weighted by Crippen LogP contribution is 2.33. The first kappa shape index (κ1) is 25.5. The summed E-state index contributed by atoms with van der Waals surface area (Å²) in [5.74, 6) is 0.141. The zero-order chi connectivity index (χ0) is 26.8. The predicted molar refractivity (Wildman–Crippen MR) is 150 cm³/mol. The van der Waals surface area contributed by atoms with Crippen LogP contribution in [-0.4, -0.2) is 39.4 Å². The number of hydrogen-bond acceptors (Lipinski definition) is 7. The van der Waals surface area contributed by atoms with Crippen molar-refractivity contribution in [2.45, 2.75) is 26.8 Å². The number of benzene rings is 3. The predicted octanol–water partition coefficient (Wildman–Crippen LogP) is 5.87. The van der Waals surface area contributed by atoms with Gasteiger partial charge in [-0.15, -0.1) is 0 Å². The van der Waals surface area contributed by atoms with Crippen molar-refractivity contribution in [1.82, 2.24) is 0 Å². The van der Waals surface area contributed by atoms with E-state index in [1.807, 2.05) is 57.2 Å². The molecular weight excluding hydrogens is 480 g/mol. The van der Waals surface area contributed by atoms with Crippen LogP contribution in [0.4, 0.5) is 11.4 Å². The van der Waals surface area contributed by atoms with Gasteiger partial charge in [0.1, 0.15) is 11.3 Å². The average molecular weight is 513 g/mol. The van der Waals surface area contributed by atoms with Gasteiger partial charge in [0.25, 0.3) is 0 Å². The fourth-order valence-corrected chi connectivity index (χ4v) is 5.02. The Labute approximate surface area is 222 Å². The number of para-hydroxylation sites is 1. The second kappa shape index (κ2) is 10.7. The molecule has 7 heteroatoms. The molecule has 0 bridgehead atoms. The van der Waals surface area contributed by atoms with Crippen molar-refractivity contribution in [3.8, 4) is 11.3 Å². The molecule has 1 saturated heterocycles. The third-order valence-electron chi connectivity index (χ3n) is 7.07. The van der Waals surface area contributed by atoms with Crippen molar-refractivity contribution in [2.24, 2.45) is 0 Å². The molecular formula is C31H32N2O5. The quantitative estimate of drug-likeness (QED) is 0.324. The molecule has 5 rings (SSSR count). The highest BCUT2D eigenvalue weighted by molar-refractivity contribution is 5.95. The molecule has 7 nitrogen and oxygen atoms in total. The van der Waals surface area contributed by atoms with E-state index in [4.69, 9.17) is 13.9 Å². The molecule has 0 spiro atoms. The van der Waals surface area contributed by atoms with Crippen molar-refractivity contribution in [2.75, 3.05) is 43.6 Å². The largest absolute Gasteiger partial charge is 0.465 e. The molecule has 196 valence electrons. The number of ether oxygens (including phenoxy) is 2. The summed E-state index contributed by atoms with van der Waals surface area (Å²) in [6.45, 7) is 8.92. The number of carbonyl (C=O) groups excluding carboxylic acids is 1. The molecule has 4 aromatic rings. The summed E-state index contributed by atoms with van der Waals surface area (Å²) in [6, 6.07) is 19.0. The van der Waals surface area contributed by atoms with Crippen LogP contribution in [0.25, 0.3) is 22.3 Å². The van der Waals surface area contributed by atoms with E-state index in [2.05, 4.69) is 22.3 Å². The molecule has 1 unspecified atom stereocenters. The number of anilines is 2. The molecule has 3 aromatic carbocycles. The van der Waals surface area contributed by atoms with E-state index in [1.165, 1.54) is 7.11 Å². The summed E-state index contributed by atoms with van der Waals surface area (Å²) in [5, 5.41) is 3.96. The minimum Gasteiger partial charge on any atom is -0.465 e. The molecule has 1 N–H and O–H groups in total. The number of methoxy groups -OCH3 is 1. The Balaban J connectivity index is 1.56. The van der Waals surface area contributed by atoms with Gasteiger partial charge in [-0.2, -0.15) is 0 Å². The fourth-order valence-electron chi connectivity index (χ4n) is 5.02. The van der Waals surface area contributed by atoms with E-state index < -0.39 is 5.97 Å². The third kappa shape index (κ3) is 4.89. The van der Waals surface area contributed by atoms with Crippen LogP contribution in [0.5, 0.6) is 0 Å². The zero-order valence-corrected chi connectivity index (χ0v) is 22.2. The summed E-state index contributed by atoms with van der Waals surface area (Å²) in [7, 11) is 1.36. The first-order valence-corrected chi connectivity index (χ1v) is 12.8. The lowest BCUT2D eigenvalue weighted by molar-refractivity contribution is 0.0601. The minimum absolute atomic E-state index is 0.0504. The van der Waals surface area contributed by atoms with E-state index in [0.29, 0.717) is 33.5 Å². The third-order valence-corrected chi connectivity index (χ3v) is 7.07. The smallest absolute Gasteiger partial charge is 0.339 e. The molecule has 0 saturated carbocycles. The Morgan fingerprint density at radius 2 is 1.74 bits per heavy atom. The molecule has 0 radical (unpaired) electrons. The molecule has 1 aromatic heterocycles. The molecule has 1 aliphatic heterocycles. The molecule has 0 aliphatic carbocycles. The van der Waals surface area contributed by atoms with Crippen molar-refractivity contribution in [3.05, 3.63) is 93.1 Å². The molecule has 2 heterocycles. The van der Waals surface area contributed by atoms with Crippen LogP contribution < -0.4 is 15.6 Å². The van der Waals surface area contributed by atoms with E-state index >= 15 is 0 Å². The Bertz CT molecular complexity index is 1530. The van der Waals surface area contributed by atoms with Gasteiger partial charge in [0, 0.05) is 41.2 Å². The fraction of sp³-hybridized carbons (Fsp3) is 0.290. The number of rotatable bonds is 6. The van der Waals surface area contributed by atoms with Gasteiger partial charge in [-0.05, 0) is 68.8 Å². The average Bonchev–Trinajstić information content (AvgIpc) is 2.95. The second-order valence-electron chi connectivity index (χ2n) is 9.67. The number of hydrogen-bond donors (Lipinski definition) is 1. The summed E-state index contributed by atoms with van der Waals surface area (Å²) in [5.41, 5.74) is 5.91.